The first kappa shape index (κ1) is 32.3. The van der Waals surface area contributed by atoms with Gasteiger partial charge in [0.15, 0.2) is 0 Å². The topological polar surface area (TPSA) is 36.4 Å². The van der Waals surface area contributed by atoms with Crippen LogP contribution in [-0.2, 0) is 0 Å². The van der Waals surface area contributed by atoms with Crippen LogP contribution in [-0.4, -0.2) is 34.6 Å². The van der Waals surface area contributed by atoms with E-state index in [1.54, 1.807) is 0 Å². The fourth-order valence-corrected chi connectivity index (χ4v) is 5.81. The van der Waals surface area contributed by atoms with E-state index >= 15 is 0 Å². The zero-order valence-electron chi connectivity index (χ0n) is 25.6. The maximum Gasteiger partial charge on any atom is 0.0924 e. The highest BCUT2D eigenvalue weighted by atomic mass is 16.3. The molecule has 1 aromatic heterocycles. The summed E-state index contributed by atoms with van der Waals surface area (Å²) in [5.41, 5.74) is 3.99. The lowest BCUT2D eigenvalue weighted by molar-refractivity contribution is 0.111. The number of unbranched alkanes of at least 4 members (excludes halogenated alkanes) is 14. The predicted molar refractivity (Wildman–Crippen MR) is 174 cm³/mol. The summed E-state index contributed by atoms with van der Waals surface area (Å²) in [6.07, 6.45) is 20.9. The van der Waals surface area contributed by atoms with Crippen molar-refractivity contribution in [3.8, 4) is 11.3 Å². The number of para-hydroxylation sites is 1. The van der Waals surface area contributed by atoms with Gasteiger partial charge < -0.3 is 10.0 Å². The smallest absolute Gasteiger partial charge is 0.0924 e. The molecule has 0 bridgehead atoms. The number of hydrogen-bond donors (Lipinski definition) is 1. The number of nitrogens with zero attached hydrogens (tertiary/aromatic N) is 2. The molecule has 0 radical (unpaired) electrons. The Bertz CT molecular complexity index is 1030. The molecular formula is C37H56N2O. The van der Waals surface area contributed by atoms with Gasteiger partial charge in [-0.2, -0.15) is 0 Å². The first-order valence-corrected chi connectivity index (χ1v) is 16.6. The van der Waals surface area contributed by atoms with Crippen LogP contribution in [0.1, 0.15) is 128 Å². The highest BCUT2D eigenvalue weighted by Gasteiger charge is 2.18. The van der Waals surface area contributed by atoms with E-state index in [-0.39, 0.29) is 0 Å². The lowest BCUT2D eigenvalue weighted by Gasteiger charge is -2.26. The molecule has 1 N–H and O–H groups in total. The maximum absolute atomic E-state index is 11.6. The summed E-state index contributed by atoms with van der Waals surface area (Å²) in [4.78, 5) is 7.47. The number of hydrogen-bond acceptors (Lipinski definition) is 3. The number of aromatic nitrogens is 1. The van der Waals surface area contributed by atoms with Crippen LogP contribution in [0.15, 0.2) is 60.7 Å². The van der Waals surface area contributed by atoms with Gasteiger partial charge in [0, 0.05) is 17.5 Å². The molecule has 1 heterocycles. The maximum atomic E-state index is 11.6. The second kappa shape index (κ2) is 19.8. The third-order valence-corrected chi connectivity index (χ3v) is 8.26. The van der Waals surface area contributed by atoms with Gasteiger partial charge in [0.2, 0.25) is 0 Å². The molecule has 0 aliphatic heterocycles. The number of aliphatic hydroxyl groups excluding tert-OH is 1. The van der Waals surface area contributed by atoms with E-state index in [9.17, 15) is 5.11 Å². The highest BCUT2D eigenvalue weighted by molar-refractivity contribution is 5.85. The number of fused-ring (bicyclic) bond motifs is 1. The average Bonchev–Trinajstić information content (AvgIpc) is 2.99. The standard InChI is InChI=1S/C37H56N2O/c1-3-5-7-9-11-13-15-22-28-39(29-23-16-14-12-10-8-6-4-2)31-37(40)34-30-36(32-24-18-17-19-25-32)38-35-27-21-20-26-33(34)35/h17-21,24-27,30,37,40H,3-16,22-23,28-29,31H2,1-2H3/t37-/m1/s1. The van der Waals surface area contributed by atoms with Crippen molar-refractivity contribution < 1.29 is 5.11 Å². The van der Waals surface area contributed by atoms with Gasteiger partial charge in [-0.25, -0.2) is 4.98 Å². The van der Waals surface area contributed by atoms with Crippen LogP contribution < -0.4 is 0 Å². The first-order valence-electron chi connectivity index (χ1n) is 16.6. The summed E-state index contributed by atoms with van der Waals surface area (Å²) in [7, 11) is 0. The van der Waals surface area contributed by atoms with Crippen LogP contribution in [0.4, 0.5) is 0 Å². The van der Waals surface area contributed by atoms with Crippen molar-refractivity contribution >= 4 is 10.9 Å². The van der Waals surface area contributed by atoms with Gasteiger partial charge in [-0.05, 0) is 43.6 Å². The van der Waals surface area contributed by atoms with Gasteiger partial charge in [0.1, 0.15) is 0 Å². The Kier molecular flexibility index (Phi) is 16.0. The molecule has 0 aliphatic rings. The van der Waals surface area contributed by atoms with Gasteiger partial charge >= 0.3 is 0 Å². The summed E-state index contributed by atoms with van der Waals surface area (Å²) in [5.74, 6) is 0. The molecule has 0 saturated heterocycles. The fourth-order valence-electron chi connectivity index (χ4n) is 5.81. The van der Waals surface area contributed by atoms with Crippen LogP contribution in [0.25, 0.3) is 22.2 Å². The normalized spacial score (nSPS) is 12.4. The lowest BCUT2D eigenvalue weighted by atomic mass is 9.99. The van der Waals surface area contributed by atoms with Crippen molar-refractivity contribution in [3.63, 3.8) is 0 Å². The molecule has 0 spiro atoms. The molecule has 3 nitrogen and oxygen atoms in total. The summed E-state index contributed by atoms with van der Waals surface area (Å²) in [6, 6.07) is 20.7. The van der Waals surface area contributed by atoms with Crippen molar-refractivity contribution in [2.75, 3.05) is 19.6 Å². The predicted octanol–water partition coefficient (Wildman–Crippen LogP) is 10.5. The third kappa shape index (κ3) is 11.7. The minimum atomic E-state index is -0.529. The van der Waals surface area contributed by atoms with Gasteiger partial charge in [0.25, 0.3) is 0 Å². The molecule has 2 aromatic carbocycles. The molecular weight excluding hydrogens is 488 g/mol. The monoisotopic (exact) mass is 544 g/mol. The van der Waals surface area contributed by atoms with Crippen LogP contribution in [0, 0.1) is 0 Å². The quantitative estimate of drug-likeness (QED) is 0.128. The minimum Gasteiger partial charge on any atom is -0.387 e. The molecule has 3 heteroatoms. The average molecular weight is 545 g/mol. The molecule has 0 saturated carbocycles. The molecule has 0 aliphatic carbocycles. The van der Waals surface area contributed by atoms with Crippen LogP contribution in [0.2, 0.25) is 0 Å². The Labute approximate surface area is 245 Å². The Morgan fingerprint density at radius 1 is 0.625 bits per heavy atom. The Hall–Kier alpha value is -2.23. The summed E-state index contributed by atoms with van der Waals surface area (Å²) < 4.78 is 0. The molecule has 220 valence electrons. The van der Waals surface area contributed by atoms with E-state index in [1.807, 2.05) is 12.1 Å². The zero-order chi connectivity index (χ0) is 28.3. The Morgan fingerprint density at radius 3 is 1.70 bits per heavy atom. The van der Waals surface area contributed by atoms with Gasteiger partial charge in [-0.15, -0.1) is 0 Å². The van der Waals surface area contributed by atoms with Crippen LogP contribution >= 0.6 is 0 Å². The van der Waals surface area contributed by atoms with E-state index in [2.05, 4.69) is 67.3 Å². The molecule has 40 heavy (non-hydrogen) atoms. The first-order chi connectivity index (χ1) is 19.7. The fraction of sp³-hybridized carbons (Fsp3) is 0.595. The summed E-state index contributed by atoms with van der Waals surface area (Å²) in [6.45, 7) is 7.42. The lowest BCUT2D eigenvalue weighted by Crippen LogP contribution is -2.31. The van der Waals surface area contributed by atoms with E-state index in [1.165, 1.54) is 103 Å². The van der Waals surface area contributed by atoms with E-state index in [0.29, 0.717) is 6.54 Å². The number of aliphatic hydroxyl groups is 1. The number of benzene rings is 2. The van der Waals surface area contributed by atoms with Crippen molar-refractivity contribution in [3.05, 3.63) is 66.2 Å². The SMILES string of the molecule is CCCCCCCCCCN(CCCCCCCCCC)C[C@@H](O)c1cc(-c2ccccc2)nc2ccccc12. The largest absolute Gasteiger partial charge is 0.387 e. The molecule has 0 fully saturated rings. The van der Waals surface area contributed by atoms with E-state index in [0.717, 1.165) is 40.8 Å². The van der Waals surface area contributed by atoms with Gasteiger partial charge in [0.05, 0.1) is 17.3 Å². The molecule has 0 unspecified atom stereocenters. The molecule has 1 atom stereocenters. The second-order valence-electron chi connectivity index (χ2n) is 11.7. The van der Waals surface area contributed by atoms with Crippen LogP contribution in [0.5, 0.6) is 0 Å². The Balaban J connectivity index is 1.61. The van der Waals surface area contributed by atoms with E-state index in [4.69, 9.17) is 4.98 Å². The Morgan fingerprint density at radius 2 is 1.12 bits per heavy atom. The molecule has 0 amide bonds. The van der Waals surface area contributed by atoms with Crippen molar-refractivity contribution in [2.24, 2.45) is 0 Å². The van der Waals surface area contributed by atoms with Crippen molar-refractivity contribution in [1.29, 1.82) is 0 Å². The van der Waals surface area contributed by atoms with Gasteiger partial charge in [-0.1, -0.05) is 152 Å². The second-order valence-corrected chi connectivity index (χ2v) is 11.7. The van der Waals surface area contributed by atoms with Gasteiger partial charge in [-0.3, -0.25) is 0 Å². The van der Waals surface area contributed by atoms with Crippen molar-refractivity contribution in [2.45, 2.75) is 123 Å². The number of rotatable bonds is 22. The number of pyridine rings is 1. The third-order valence-electron chi connectivity index (χ3n) is 8.26. The van der Waals surface area contributed by atoms with E-state index < -0.39 is 6.10 Å². The van der Waals surface area contributed by atoms with Crippen molar-refractivity contribution in [1.82, 2.24) is 9.88 Å². The van der Waals surface area contributed by atoms with Crippen LogP contribution in [0.3, 0.4) is 0 Å². The highest BCUT2D eigenvalue weighted by Crippen LogP contribution is 2.29. The summed E-state index contributed by atoms with van der Waals surface area (Å²) in [5, 5.41) is 12.7. The molecule has 3 aromatic rings. The minimum absolute atomic E-state index is 0.529. The molecule has 3 rings (SSSR count). The zero-order valence-corrected chi connectivity index (χ0v) is 25.6. The summed E-state index contributed by atoms with van der Waals surface area (Å²) >= 11 is 0.